The van der Waals surface area contributed by atoms with Crippen molar-refractivity contribution in [3.8, 4) is 0 Å². The number of rotatable bonds is 3. The lowest BCUT2D eigenvalue weighted by atomic mass is 10.2. The number of amides is 2. The van der Waals surface area contributed by atoms with E-state index >= 15 is 0 Å². The van der Waals surface area contributed by atoms with E-state index in [2.05, 4.69) is 5.32 Å². The third-order valence-electron chi connectivity index (χ3n) is 3.16. The summed E-state index contributed by atoms with van der Waals surface area (Å²) in [5, 5.41) is 2.50. The summed E-state index contributed by atoms with van der Waals surface area (Å²) in [6.07, 6.45) is 0. The van der Waals surface area contributed by atoms with Crippen LogP contribution in [0.25, 0.3) is 0 Å². The molecule has 1 aliphatic heterocycles. The minimum Gasteiger partial charge on any atom is -0.399 e. The third-order valence-corrected chi connectivity index (χ3v) is 5.50. The summed E-state index contributed by atoms with van der Waals surface area (Å²) in [5.41, 5.74) is 6.53. The van der Waals surface area contributed by atoms with E-state index in [1.165, 1.54) is 13.8 Å². The fraction of sp³-hybridized carbons (Fsp3) is 0.333. The van der Waals surface area contributed by atoms with Gasteiger partial charge >= 0.3 is 0 Å². The molecule has 8 heteroatoms. The van der Waals surface area contributed by atoms with Gasteiger partial charge in [-0.2, -0.15) is 0 Å². The molecule has 108 valence electrons. The second-order valence-electron chi connectivity index (χ2n) is 5.00. The molecule has 2 rings (SSSR count). The molecule has 1 aliphatic rings. The zero-order valence-corrected chi connectivity index (χ0v) is 11.9. The van der Waals surface area contributed by atoms with Gasteiger partial charge in [-0.1, -0.05) is 0 Å². The first-order valence-electron chi connectivity index (χ1n) is 5.88. The molecular formula is C12H15N3O4S. The number of nitrogens with two attached hydrogens (primary N) is 1. The maximum Gasteiger partial charge on any atom is 0.259 e. The van der Waals surface area contributed by atoms with Crippen molar-refractivity contribution in [1.29, 1.82) is 0 Å². The highest BCUT2D eigenvalue weighted by Crippen LogP contribution is 2.34. The van der Waals surface area contributed by atoms with E-state index < -0.39 is 33.1 Å². The highest BCUT2D eigenvalue weighted by molar-refractivity contribution is 7.94. The molecule has 1 heterocycles. The van der Waals surface area contributed by atoms with E-state index in [1.807, 2.05) is 0 Å². The van der Waals surface area contributed by atoms with Crippen molar-refractivity contribution in [3.05, 3.63) is 24.3 Å². The van der Waals surface area contributed by atoms with Gasteiger partial charge in [0.05, 0.1) is 0 Å². The highest BCUT2D eigenvalue weighted by atomic mass is 32.2. The number of nitrogen functional groups attached to an aromatic ring is 1. The Hall–Kier alpha value is -2.09. The number of hydrogen-bond donors (Lipinski definition) is 2. The first-order chi connectivity index (χ1) is 9.16. The minimum absolute atomic E-state index is 0.480. The molecule has 0 saturated carbocycles. The monoisotopic (exact) mass is 297 g/mol. The van der Waals surface area contributed by atoms with Gasteiger partial charge in [0, 0.05) is 11.4 Å². The van der Waals surface area contributed by atoms with Crippen LogP contribution in [-0.4, -0.2) is 35.8 Å². The van der Waals surface area contributed by atoms with Gasteiger partial charge in [-0.3, -0.25) is 9.59 Å². The second-order valence-corrected chi connectivity index (χ2v) is 7.41. The van der Waals surface area contributed by atoms with Gasteiger partial charge in [-0.25, -0.2) is 12.7 Å². The summed E-state index contributed by atoms with van der Waals surface area (Å²) in [6, 6.07) is 6.38. The molecule has 20 heavy (non-hydrogen) atoms. The number of hydrogen-bond acceptors (Lipinski definition) is 5. The number of nitrogens with one attached hydrogen (secondary N) is 1. The average Bonchev–Trinajstić information content (AvgIpc) is 2.37. The van der Waals surface area contributed by atoms with Crippen molar-refractivity contribution in [3.63, 3.8) is 0 Å². The molecule has 0 radical (unpaired) electrons. The lowest BCUT2D eigenvalue weighted by molar-refractivity contribution is -0.134. The van der Waals surface area contributed by atoms with E-state index in [4.69, 9.17) is 5.73 Å². The molecular weight excluding hydrogens is 282 g/mol. The highest BCUT2D eigenvalue weighted by Gasteiger charge is 2.60. The number of nitrogens with zero attached hydrogens (tertiary/aromatic N) is 1. The summed E-state index contributed by atoms with van der Waals surface area (Å²) in [5.74, 6) is -1.16. The van der Waals surface area contributed by atoms with Crippen LogP contribution in [0.3, 0.4) is 0 Å². The molecule has 1 saturated heterocycles. The van der Waals surface area contributed by atoms with Crippen molar-refractivity contribution in [1.82, 2.24) is 4.31 Å². The standard InChI is InChI=1S/C12H15N3O4S/c1-12(2)11(17)15(20(12,18)19)7-10(16)14-9-5-3-8(13)4-6-9/h3-6H,7,13H2,1-2H3,(H,14,16). The maximum atomic E-state index is 11.8. The SMILES string of the molecule is CC1(C)C(=O)N(CC(=O)Nc2ccc(N)cc2)S1(=O)=O. The van der Waals surface area contributed by atoms with E-state index in [-0.39, 0.29) is 0 Å². The van der Waals surface area contributed by atoms with Crippen molar-refractivity contribution < 1.29 is 18.0 Å². The molecule has 7 nitrogen and oxygen atoms in total. The lowest BCUT2D eigenvalue weighted by Crippen LogP contribution is -2.68. The van der Waals surface area contributed by atoms with Gasteiger partial charge in [0.2, 0.25) is 5.91 Å². The van der Waals surface area contributed by atoms with Crippen LogP contribution in [-0.2, 0) is 19.6 Å². The third kappa shape index (κ3) is 2.11. The van der Waals surface area contributed by atoms with Crippen molar-refractivity contribution in [2.75, 3.05) is 17.6 Å². The maximum absolute atomic E-state index is 11.8. The zero-order chi connectivity index (χ0) is 15.1. The topological polar surface area (TPSA) is 110 Å². The fourth-order valence-electron chi connectivity index (χ4n) is 1.81. The van der Waals surface area contributed by atoms with Crippen LogP contribution in [0, 0.1) is 0 Å². The summed E-state index contributed by atoms with van der Waals surface area (Å²) >= 11 is 0. The molecule has 1 fully saturated rings. The molecule has 0 unspecified atom stereocenters. The summed E-state index contributed by atoms with van der Waals surface area (Å²) in [4.78, 5) is 23.4. The van der Waals surface area contributed by atoms with E-state index in [9.17, 15) is 18.0 Å². The van der Waals surface area contributed by atoms with Gasteiger partial charge in [-0.05, 0) is 38.1 Å². The van der Waals surface area contributed by atoms with Crippen LogP contribution in [0.15, 0.2) is 24.3 Å². The zero-order valence-electron chi connectivity index (χ0n) is 11.1. The van der Waals surface area contributed by atoms with Crippen molar-refractivity contribution in [2.45, 2.75) is 18.6 Å². The van der Waals surface area contributed by atoms with E-state index in [1.54, 1.807) is 24.3 Å². The number of benzene rings is 1. The van der Waals surface area contributed by atoms with Crippen LogP contribution in [0.5, 0.6) is 0 Å². The molecule has 0 atom stereocenters. The average molecular weight is 297 g/mol. The predicted molar refractivity (Wildman–Crippen MR) is 74.2 cm³/mol. The normalized spacial score (nSPS) is 19.3. The molecule has 3 N–H and O–H groups in total. The first kappa shape index (κ1) is 14.3. The van der Waals surface area contributed by atoms with Crippen LogP contribution < -0.4 is 11.1 Å². The largest absolute Gasteiger partial charge is 0.399 e. The number of anilines is 2. The Kier molecular flexibility index (Phi) is 3.21. The summed E-state index contributed by atoms with van der Waals surface area (Å²) < 4.78 is 22.8. The number of carbonyl (C=O) groups is 2. The summed E-state index contributed by atoms with van der Waals surface area (Å²) in [6.45, 7) is 2.12. The second kappa shape index (κ2) is 4.48. The van der Waals surface area contributed by atoms with Gasteiger partial charge in [-0.15, -0.1) is 0 Å². The molecule has 0 aliphatic carbocycles. The van der Waals surface area contributed by atoms with E-state index in [0.717, 1.165) is 0 Å². The first-order valence-corrected chi connectivity index (χ1v) is 7.32. The van der Waals surface area contributed by atoms with Gasteiger partial charge in [0.25, 0.3) is 15.9 Å². The predicted octanol–water partition coefficient (Wildman–Crippen LogP) is 0.158. The Morgan fingerprint density at radius 2 is 1.85 bits per heavy atom. The minimum atomic E-state index is -3.74. The summed E-state index contributed by atoms with van der Waals surface area (Å²) in [7, 11) is -3.74. The Morgan fingerprint density at radius 1 is 1.30 bits per heavy atom. The Balaban J connectivity index is 2.03. The number of carbonyl (C=O) groups excluding carboxylic acids is 2. The quantitative estimate of drug-likeness (QED) is 0.772. The Morgan fingerprint density at radius 3 is 2.35 bits per heavy atom. The van der Waals surface area contributed by atoms with Gasteiger partial charge in [0.1, 0.15) is 6.54 Å². The van der Waals surface area contributed by atoms with Gasteiger partial charge in [0.15, 0.2) is 4.75 Å². The lowest BCUT2D eigenvalue weighted by Gasteiger charge is -2.42. The Bertz CT molecular complexity index is 664. The van der Waals surface area contributed by atoms with Crippen LogP contribution in [0.4, 0.5) is 11.4 Å². The smallest absolute Gasteiger partial charge is 0.259 e. The van der Waals surface area contributed by atoms with Crippen molar-refractivity contribution >= 4 is 33.2 Å². The fourth-order valence-corrected chi connectivity index (χ4v) is 3.29. The van der Waals surface area contributed by atoms with Crippen LogP contribution in [0.1, 0.15) is 13.8 Å². The van der Waals surface area contributed by atoms with Crippen LogP contribution in [0.2, 0.25) is 0 Å². The Labute approximate surface area is 116 Å². The molecule has 0 bridgehead atoms. The molecule has 2 amide bonds. The van der Waals surface area contributed by atoms with Gasteiger partial charge < -0.3 is 11.1 Å². The molecule has 1 aromatic carbocycles. The molecule has 1 aromatic rings. The number of sulfonamides is 1. The molecule has 0 spiro atoms. The van der Waals surface area contributed by atoms with Crippen LogP contribution >= 0.6 is 0 Å². The van der Waals surface area contributed by atoms with Crippen molar-refractivity contribution in [2.24, 2.45) is 0 Å². The molecule has 0 aromatic heterocycles. The van der Waals surface area contributed by atoms with E-state index in [0.29, 0.717) is 15.7 Å².